The van der Waals surface area contributed by atoms with E-state index in [2.05, 4.69) is 47.2 Å². The molecule has 16 heteroatoms. The molecular formula is C42H44Cl2N6O4S4. The van der Waals surface area contributed by atoms with E-state index in [1.807, 2.05) is 49.6 Å². The minimum Gasteiger partial charge on any atom is -0.345 e. The van der Waals surface area contributed by atoms with Crippen LogP contribution in [0.1, 0.15) is 22.3 Å². The summed E-state index contributed by atoms with van der Waals surface area (Å²) in [6.07, 6.45) is 0. The van der Waals surface area contributed by atoms with Gasteiger partial charge in [0.25, 0.3) is 0 Å². The standard InChI is InChI=1S/C22H25N3O2S2.C20H19Cl2N3O2S2/c1-16-4-8-20(9-5-16)29(26,27)25-12-10-24(11-13-25)22-23-21(15-28-22)19-7-6-17(2)18(3)14-19;1-14-2-5-16(6-3-14)29(26,27)25-10-8-24(9-11-25)20-23-19(13-28-20)15-4-7-17(21)18(22)12-15/h4-9,14-15H,10-13H2,1-3H3;2-7,12-13H,8-11H2,1H3. The first kappa shape index (κ1) is 42.3. The second-order valence-corrected chi connectivity index (χ2v) is 20.7. The summed E-state index contributed by atoms with van der Waals surface area (Å²) in [5, 5.41) is 6.88. The summed E-state index contributed by atoms with van der Waals surface area (Å²) >= 11 is 15.2. The van der Waals surface area contributed by atoms with Crippen molar-refractivity contribution in [2.75, 3.05) is 62.2 Å². The molecule has 2 saturated heterocycles. The molecule has 0 unspecified atom stereocenters. The molecule has 0 N–H and O–H groups in total. The number of sulfonamides is 2. The Morgan fingerprint density at radius 3 is 1.33 bits per heavy atom. The van der Waals surface area contributed by atoms with Gasteiger partial charge in [-0.25, -0.2) is 26.8 Å². The van der Waals surface area contributed by atoms with Crippen LogP contribution >= 0.6 is 45.9 Å². The van der Waals surface area contributed by atoms with E-state index in [9.17, 15) is 16.8 Å². The Morgan fingerprint density at radius 1 is 0.500 bits per heavy atom. The van der Waals surface area contributed by atoms with Crippen molar-refractivity contribution < 1.29 is 16.8 Å². The maximum absolute atomic E-state index is 12.9. The Morgan fingerprint density at radius 2 is 0.914 bits per heavy atom. The summed E-state index contributed by atoms with van der Waals surface area (Å²) in [7, 11) is -6.91. The smallest absolute Gasteiger partial charge is 0.243 e. The number of anilines is 2. The molecule has 4 heterocycles. The summed E-state index contributed by atoms with van der Waals surface area (Å²) in [5.74, 6) is 0. The number of hydrogen-bond donors (Lipinski definition) is 0. The number of halogens is 2. The molecule has 0 atom stereocenters. The van der Waals surface area contributed by atoms with Gasteiger partial charge in [0, 0.05) is 74.2 Å². The third-order valence-electron chi connectivity index (χ3n) is 10.3. The van der Waals surface area contributed by atoms with Gasteiger partial charge in [0.1, 0.15) is 0 Å². The van der Waals surface area contributed by atoms with Crippen LogP contribution in [0.5, 0.6) is 0 Å². The number of piperazine rings is 2. The average Bonchev–Trinajstić information content (AvgIpc) is 3.93. The van der Waals surface area contributed by atoms with Gasteiger partial charge in [-0.1, -0.05) is 76.8 Å². The number of thiazole rings is 2. The van der Waals surface area contributed by atoms with Crippen molar-refractivity contribution in [1.29, 1.82) is 0 Å². The molecule has 4 aromatic carbocycles. The summed E-state index contributed by atoms with van der Waals surface area (Å²) in [4.78, 5) is 14.5. The molecule has 0 amide bonds. The molecule has 10 nitrogen and oxygen atoms in total. The van der Waals surface area contributed by atoms with Crippen LogP contribution < -0.4 is 9.80 Å². The highest BCUT2D eigenvalue weighted by Gasteiger charge is 2.31. The summed E-state index contributed by atoms with van der Waals surface area (Å²) in [5.41, 5.74) is 8.45. The third kappa shape index (κ3) is 9.45. The van der Waals surface area contributed by atoms with Gasteiger partial charge in [-0.2, -0.15) is 8.61 Å². The Labute approximate surface area is 359 Å². The Kier molecular flexibility index (Phi) is 13.0. The van der Waals surface area contributed by atoms with Gasteiger partial charge in [0.2, 0.25) is 20.0 Å². The number of aryl methyl sites for hydroxylation is 4. The molecule has 8 rings (SSSR count). The first-order valence-corrected chi connectivity index (χ1v) is 24.2. The zero-order valence-electron chi connectivity index (χ0n) is 32.6. The van der Waals surface area contributed by atoms with Crippen molar-refractivity contribution >= 4 is 76.2 Å². The largest absolute Gasteiger partial charge is 0.345 e. The van der Waals surface area contributed by atoms with Crippen LogP contribution in [0.3, 0.4) is 0 Å². The van der Waals surface area contributed by atoms with Crippen molar-refractivity contribution in [2.45, 2.75) is 37.5 Å². The minimum absolute atomic E-state index is 0.340. The van der Waals surface area contributed by atoms with Crippen LogP contribution in [0.4, 0.5) is 10.3 Å². The molecule has 58 heavy (non-hydrogen) atoms. The van der Waals surface area contributed by atoms with Crippen molar-refractivity contribution in [3.8, 4) is 22.5 Å². The van der Waals surface area contributed by atoms with Crippen LogP contribution in [0.2, 0.25) is 10.0 Å². The molecule has 0 saturated carbocycles. The number of aromatic nitrogens is 2. The lowest BCUT2D eigenvalue weighted by Gasteiger charge is -2.33. The lowest BCUT2D eigenvalue weighted by Crippen LogP contribution is -2.48. The highest BCUT2D eigenvalue weighted by molar-refractivity contribution is 7.89. The second kappa shape index (κ2) is 17.8. The molecule has 304 valence electrons. The van der Waals surface area contributed by atoms with E-state index < -0.39 is 20.0 Å². The van der Waals surface area contributed by atoms with Gasteiger partial charge >= 0.3 is 0 Å². The van der Waals surface area contributed by atoms with Crippen LogP contribution in [0, 0.1) is 27.7 Å². The number of rotatable bonds is 8. The molecular weight excluding hydrogens is 852 g/mol. The minimum atomic E-state index is -3.47. The van der Waals surface area contributed by atoms with Crippen molar-refractivity contribution in [1.82, 2.24) is 18.6 Å². The molecule has 0 radical (unpaired) electrons. The van der Waals surface area contributed by atoms with E-state index >= 15 is 0 Å². The normalized spacial score (nSPS) is 15.6. The van der Waals surface area contributed by atoms with Crippen LogP contribution in [-0.2, 0) is 20.0 Å². The molecule has 2 aliphatic rings. The molecule has 2 fully saturated rings. The Balaban J connectivity index is 0.000000177. The highest BCUT2D eigenvalue weighted by Crippen LogP contribution is 2.33. The van der Waals surface area contributed by atoms with E-state index in [1.165, 1.54) is 22.5 Å². The predicted molar refractivity (Wildman–Crippen MR) is 239 cm³/mol. The lowest BCUT2D eigenvalue weighted by molar-refractivity contribution is 0.384. The first-order valence-electron chi connectivity index (χ1n) is 18.8. The number of nitrogens with zero attached hydrogens (tertiary/aromatic N) is 6. The quantitative estimate of drug-likeness (QED) is 0.149. The van der Waals surface area contributed by atoms with Gasteiger partial charge in [0.15, 0.2) is 10.3 Å². The zero-order valence-corrected chi connectivity index (χ0v) is 37.4. The van der Waals surface area contributed by atoms with Crippen LogP contribution in [-0.4, -0.2) is 87.8 Å². The molecule has 0 bridgehead atoms. The van der Waals surface area contributed by atoms with E-state index in [0.29, 0.717) is 72.2 Å². The number of hydrogen-bond acceptors (Lipinski definition) is 10. The third-order valence-corrected chi connectivity index (χ3v) is 16.7. The van der Waals surface area contributed by atoms with E-state index in [1.54, 1.807) is 56.3 Å². The number of benzene rings is 4. The SMILES string of the molecule is Cc1ccc(S(=O)(=O)N2CCN(c3nc(-c4ccc(C)c(C)c4)cs3)CC2)cc1.Cc1ccc(S(=O)(=O)N2CCN(c3nc(-c4ccc(Cl)c(Cl)c4)cs3)CC2)cc1. The van der Waals surface area contributed by atoms with Crippen molar-refractivity contribution in [2.24, 2.45) is 0 Å². The second-order valence-electron chi connectivity index (χ2n) is 14.4. The molecule has 0 aliphatic carbocycles. The molecule has 0 spiro atoms. The Bertz CT molecular complexity index is 2420. The van der Waals surface area contributed by atoms with Gasteiger partial charge in [0.05, 0.1) is 31.2 Å². The zero-order chi connectivity index (χ0) is 41.2. The molecule has 2 aromatic heterocycles. The summed E-state index contributed by atoms with van der Waals surface area (Å²) in [6, 6.07) is 25.9. The Hall–Kier alpha value is -3.86. The highest BCUT2D eigenvalue weighted by atomic mass is 35.5. The predicted octanol–water partition coefficient (Wildman–Crippen LogP) is 9.18. The van der Waals surface area contributed by atoms with Gasteiger partial charge in [-0.05, 0) is 81.3 Å². The lowest BCUT2D eigenvalue weighted by atomic mass is 10.1. The van der Waals surface area contributed by atoms with Crippen molar-refractivity contribution in [3.05, 3.63) is 128 Å². The fourth-order valence-corrected chi connectivity index (χ4v) is 11.5. The van der Waals surface area contributed by atoms with E-state index in [4.69, 9.17) is 33.2 Å². The van der Waals surface area contributed by atoms with Gasteiger partial charge in [-0.15, -0.1) is 22.7 Å². The topological polar surface area (TPSA) is 107 Å². The van der Waals surface area contributed by atoms with Gasteiger partial charge < -0.3 is 9.80 Å². The van der Waals surface area contributed by atoms with Crippen LogP contribution in [0.15, 0.2) is 105 Å². The fourth-order valence-electron chi connectivity index (χ4n) is 6.60. The maximum atomic E-state index is 12.9. The summed E-state index contributed by atoms with van der Waals surface area (Å²) < 4.78 is 54.6. The molecule has 6 aromatic rings. The summed E-state index contributed by atoms with van der Waals surface area (Å²) in [6.45, 7) is 12.4. The molecule has 2 aliphatic heterocycles. The van der Waals surface area contributed by atoms with E-state index in [-0.39, 0.29) is 0 Å². The first-order chi connectivity index (χ1) is 27.7. The average molecular weight is 896 g/mol. The fraction of sp³-hybridized carbons (Fsp3) is 0.286. The monoisotopic (exact) mass is 894 g/mol. The maximum Gasteiger partial charge on any atom is 0.243 e. The van der Waals surface area contributed by atoms with Crippen molar-refractivity contribution in [3.63, 3.8) is 0 Å². The van der Waals surface area contributed by atoms with Gasteiger partial charge in [-0.3, -0.25) is 0 Å². The van der Waals surface area contributed by atoms with Crippen LogP contribution in [0.25, 0.3) is 22.5 Å². The van der Waals surface area contributed by atoms with E-state index in [0.717, 1.165) is 43.9 Å².